The molecule has 1 heterocycles. The van der Waals surface area contributed by atoms with Gasteiger partial charge in [0.15, 0.2) is 0 Å². The van der Waals surface area contributed by atoms with E-state index in [0.29, 0.717) is 6.42 Å². The molecule has 96 valence electrons. The maximum absolute atomic E-state index is 11.6. The van der Waals surface area contributed by atoms with Crippen LogP contribution in [0, 0.1) is 0 Å². The van der Waals surface area contributed by atoms with E-state index in [4.69, 9.17) is 5.11 Å². The van der Waals surface area contributed by atoms with Crippen molar-refractivity contribution < 1.29 is 27.8 Å². The number of furan rings is 1. The van der Waals surface area contributed by atoms with Gasteiger partial charge in [-0.25, -0.2) is 17.9 Å². The van der Waals surface area contributed by atoms with Gasteiger partial charge in [-0.15, -0.1) is 0 Å². The molecule has 1 aromatic heterocycles. The van der Waals surface area contributed by atoms with Crippen LogP contribution in [0.15, 0.2) is 21.6 Å². The van der Waals surface area contributed by atoms with Crippen LogP contribution in [0.5, 0.6) is 0 Å². The molecule has 1 aromatic rings. The van der Waals surface area contributed by atoms with E-state index in [1.807, 2.05) is 0 Å². The molecular formula is C9H13NO6S. The summed E-state index contributed by atoms with van der Waals surface area (Å²) in [7, 11) is -3.92. The fourth-order valence-electron chi connectivity index (χ4n) is 1.00. The smallest absolute Gasteiger partial charge is 0.371 e. The number of rotatable bonds is 6. The minimum atomic E-state index is -3.92. The molecule has 7 nitrogen and oxygen atoms in total. The minimum absolute atomic E-state index is 0.151. The number of sulfonamides is 1. The number of hydrogen-bond donors (Lipinski definition) is 3. The molecule has 0 aliphatic heterocycles. The first kappa shape index (κ1) is 13.7. The SMILES string of the molecule is CCC(O)CNS(=O)(=O)c1ccc(C(=O)O)o1. The maximum atomic E-state index is 11.6. The molecule has 0 aromatic carbocycles. The van der Waals surface area contributed by atoms with Crippen molar-refractivity contribution in [3.63, 3.8) is 0 Å². The molecular weight excluding hydrogens is 250 g/mol. The zero-order valence-electron chi connectivity index (χ0n) is 9.08. The highest BCUT2D eigenvalue weighted by molar-refractivity contribution is 7.89. The molecule has 1 unspecified atom stereocenters. The monoisotopic (exact) mass is 263 g/mol. The summed E-state index contributed by atoms with van der Waals surface area (Å²) in [6.45, 7) is 1.55. The Morgan fingerprint density at radius 3 is 2.65 bits per heavy atom. The lowest BCUT2D eigenvalue weighted by Crippen LogP contribution is -2.31. The summed E-state index contributed by atoms with van der Waals surface area (Å²) in [4.78, 5) is 10.5. The first-order chi connectivity index (χ1) is 7.86. The number of carboxylic acids is 1. The first-order valence-corrected chi connectivity index (χ1v) is 6.36. The van der Waals surface area contributed by atoms with Crippen molar-refractivity contribution in [2.45, 2.75) is 24.5 Å². The van der Waals surface area contributed by atoms with Crippen molar-refractivity contribution in [1.82, 2.24) is 4.72 Å². The number of carboxylic acid groups (broad SMARTS) is 1. The number of aromatic carboxylic acids is 1. The van der Waals surface area contributed by atoms with Crippen LogP contribution >= 0.6 is 0 Å². The van der Waals surface area contributed by atoms with Crippen LogP contribution in [0.25, 0.3) is 0 Å². The Morgan fingerprint density at radius 1 is 1.53 bits per heavy atom. The lowest BCUT2D eigenvalue weighted by atomic mass is 10.3. The minimum Gasteiger partial charge on any atom is -0.475 e. The van der Waals surface area contributed by atoms with Gasteiger partial charge < -0.3 is 14.6 Å². The molecule has 0 aliphatic carbocycles. The third-order valence-electron chi connectivity index (χ3n) is 2.04. The lowest BCUT2D eigenvalue weighted by Gasteiger charge is -2.08. The fourth-order valence-corrected chi connectivity index (χ4v) is 2.00. The van der Waals surface area contributed by atoms with E-state index in [0.717, 1.165) is 12.1 Å². The van der Waals surface area contributed by atoms with Gasteiger partial charge in [0.25, 0.3) is 10.0 Å². The van der Waals surface area contributed by atoms with E-state index in [1.54, 1.807) is 6.92 Å². The predicted octanol–water partition coefficient (Wildman–Crippen LogP) is 0.0270. The molecule has 0 aliphatic rings. The van der Waals surface area contributed by atoms with Crippen molar-refractivity contribution in [2.75, 3.05) is 6.54 Å². The van der Waals surface area contributed by atoms with Crippen molar-refractivity contribution in [2.24, 2.45) is 0 Å². The number of nitrogens with one attached hydrogen (secondary N) is 1. The van der Waals surface area contributed by atoms with Crippen molar-refractivity contribution >= 4 is 16.0 Å². The van der Waals surface area contributed by atoms with E-state index < -0.39 is 32.9 Å². The van der Waals surface area contributed by atoms with Crippen LogP contribution in [0.2, 0.25) is 0 Å². The van der Waals surface area contributed by atoms with Gasteiger partial charge in [0.05, 0.1) is 6.10 Å². The van der Waals surface area contributed by atoms with Gasteiger partial charge in [-0.2, -0.15) is 0 Å². The van der Waals surface area contributed by atoms with E-state index in [1.165, 1.54) is 0 Å². The fraction of sp³-hybridized carbons (Fsp3) is 0.444. The summed E-state index contributed by atoms with van der Waals surface area (Å²) in [5.41, 5.74) is 0. The third kappa shape index (κ3) is 3.55. The molecule has 17 heavy (non-hydrogen) atoms. The van der Waals surface area contributed by atoms with Crippen molar-refractivity contribution in [3.8, 4) is 0 Å². The molecule has 8 heteroatoms. The average molecular weight is 263 g/mol. The zero-order valence-corrected chi connectivity index (χ0v) is 9.90. The Morgan fingerprint density at radius 2 is 2.18 bits per heavy atom. The maximum Gasteiger partial charge on any atom is 0.371 e. The summed E-state index contributed by atoms with van der Waals surface area (Å²) in [5.74, 6) is -1.80. The number of hydrogen-bond acceptors (Lipinski definition) is 5. The highest BCUT2D eigenvalue weighted by atomic mass is 32.2. The van der Waals surface area contributed by atoms with Crippen LogP contribution in [-0.4, -0.2) is 37.2 Å². The van der Waals surface area contributed by atoms with Gasteiger partial charge in [-0.05, 0) is 18.6 Å². The highest BCUT2D eigenvalue weighted by Crippen LogP contribution is 2.13. The Balaban J connectivity index is 2.79. The normalized spacial score (nSPS) is 13.5. The summed E-state index contributed by atoms with van der Waals surface area (Å²) >= 11 is 0. The lowest BCUT2D eigenvalue weighted by molar-refractivity contribution is 0.0656. The second kappa shape index (κ2) is 5.30. The second-order valence-corrected chi connectivity index (χ2v) is 5.04. The van der Waals surface area contributed by atoms with Crippen LogP contribution in [0.4, 0.5) is 0 Å². The van der Waals surface area contributed by atoms with Crippen molar-refractivity contribution in [1.29, 1.82) is 0 Å². The topological polar surface area (TPSA) is 117 Å². The third-order valence-corrected chi connectivity index (χ3v) is 3.33. The molecule has 0 bridgehead atoms. The van der Waals surface area contributed by atoms with E-state index >= 15 is 0 Å². The predicted molar refractivity (Wildman–Crippen MR) is 57.2 cm³/mol. The van der Waals surface area contributed by atoms with Crippen molar-refractivity contribution in [3.05, 3.63) is 17.9 Å². The largest absolute Gasteiger partial charge is 0.475 e. The number of aliphatic hydroxyl groups excluding tert-OH is 1. The van der Waals surface area contributed by atoms with Gasteiger partial charge in [-0.1, -0.05) is 6.92 Å². The Kier molecular flexibility index (Phi) is 4.27. The molecule has 0 fully saturated rings. The molecule has 1 rings (SSSR count). The van der Waals surface area contributed by atoms with Gasteiger partial charge in [0, 0.05) is 6.54 Å². The molecule has 3 N–H and O–H groups in total. The molecule has 0 radical (unpaired) electrons. The molecule has 0 saturated heterocycles. The Labute approximate surface area is 98.1 Å². The summed E-state index contributed by atoms with van der Waals surface area (Å²) in [6.07, 6.45) is -0.389. The van der Waals surface area contributed by atoms with Crippen LogP contribution in [-0.2, 0) is 10.0 Å². The van der Waals surface area contributed by atoms with Gasteiger partial charge >= 0.3 is 5.97 Å². The van der Waals surface area contributed by atoms with E-state index in [-0.39, 0.29) is 6.54 Å². The molecule has 0 amide bonds. The second-order valence-electron chi connectivity index (χ2n) is 3.34. The van der Waals surface area contributed by atoms with Crippen LogP contribution in [0.3, 0.4) is 0 Å². The van der Waals surface area contributed by atoms with Gasteiger partial charge in [-0.3, -0.25) is 0 Å². The molecule has 0 spiro atoms. The van der Waals surface area contributed by atoms with E-state index in [9.17, 15) is 18.3 Å². The van der Waals surface area contributed by atoms with Gasteiger partial charge in [0.2, 0.25) is 10.9 Å². The number of carbonyl (C=O) groups is 1. The average Bonchev–Trinajstić information content (AvgIpc) is 2.76. The highest BCUT2D eigenvalue weighted by Gasteiger charge is 2.21. The standard InChI is InChI=1S/C9H13NO6S/c1-2-6(11)5-10-17(14,15)8-4-3-7(16-8)9(12)13/h3-4,6,10-11H,2,5H2,1H3,(H,12,13). The Bertz CT molecular complexity index is 491. The first-order valence-electron chi connectivity index (χ1n) is 4.87. The molecule has 1 atom stereocenters. The molecule has 0 saturated carbocycles. The van der Waals surface area contributed by atoms with Crippen LogP contribution in [0.1, 0.15) is 23.9 Å². The zero-order chi connectivity index (χ0) is 13.1. The van der Waals surface area contributed by atoms with Crippen LogP contribution < -0.4 is 4.72 Å². The summed E-state index contributed by atoms with van der Waals surface area (Å²) < 4.78 is 29.9. The summed E-state index contributed by atoms with van der Waals surface area (Å²) in [6, 6.07) is 2.09. The van der Waals surface area contributed by atoms with Gasteiger partial charge in [0.1, 0.15) is 0 Å². The summed E-state index contributed by atoms with van der Waals surface area (Å²) in [5, 5.41) is 17.3. The quantitative estimate of drug-likeness (QED) is 0.666. The number of aliphatic hydroxyl groups is 1. The Hall–Kier alpha value is -1.38. The van der Waals surface area contributed by atoms with E-state index in [2.05, 4.69) is 9.14 Å².